The highest BCUT2D eigenvalue weighted by atomic mass is 35.5. The maximum Gasteiger partial charge on any atom is 0.224 e. The standard InChI is InChI=1S/C23H27ClFN3O2/c24-18-9-6-10-19(25)23(18)20(28-13-4-5-14-28)16-27-21(29)11-12-26-22(30)15-17-7-2-1-3-8-17/h1-3,6-10,20H,4-5,11-16H2,(H,26,30)(H,27,29). The molecule has 1 atom stereocenters. The lowest BCUT2D eigenvalue weighted by Crippen LogP contribution is -2.38. The molecule has 30 heavy (non-hydrogen) atoms. The minimum atomic E-state index is -0.359. The molecule has 1 unspecified atom stereocenters. The number of nitrogens with one attached hydrogen (secondary N) is 2. The van der Waals surface area contributed by atoms with Crippen LogP contribution < -0.4 is 10.6 Å². The minimum Gasteiger partial charge on any atom is -0.355 e. The molecule has 2 amide bonds. The molecular formula is C23H27ClFN3O2. The van der Waals surface area contributed by atoms with E-state index in [1.807, 2.05) is 30.3 Å². The maximum atomic E-state index is 14.5. The van der Waals surface area contributed by atoms with Crippen molar-refractivity contribution in [2.24, 2.45) is 0 Å². The SMILES string of the molecule is O=C(CCNC(=O)Cc1ccccc1)NCC(c1c(F)cccc1Cl)N1CCCC1. The number of nitrogens with zero attached hydrogens (tertiary/aromatic N) is 1. The first-order valence-corrected chi connectivity index (χ1v) is 10.7. The summed E-state index contributed by atoms with van der Waals surface area (Å²) in [7, 11) is 0. The van der Waals surface area contributed by atoms with E-state index in [9.17, 15) is 14.0 Å². The molecule has 0 bridgehead atoms. The van der Waals surface area contributed by atoms with Crippen LogP contribution >= 0.6 is 11.6 Å². The molecule has 5 nitrogen and oxygen atoms in total. The third kappa shape index (κ3) is 6.28. The predicted octanol–water partition coefficient (Wildman–Crippen LogP) is 3.48. The van der Waals surface area contributed by atoms with Gasteiger partial charge in [-0.1, -0.05) is 48.0 Å². The molecule has 0 saturated carbocycles. The van der Waals surface area contributed by atoms with E-state index >= 15 is 0 Å². The van der Waals surface area contributed by atoms with E-state index in [1.54, 1.807) is 12.1 Å². The maximum absolute atomic E-state index is 14.5. The molecular weight excluding hydrogens is 405 g/mol. The van der Waals surface area contributed by atoms with Crippen molar-refractivity contribution >= 4 is 23.4 Å². The number of benzene rings is 2. The van der Waals surface area contributed by atoms with Crippen LogP contribution in [-0.2, 0) is 16.0 Å². The molecule has 1 fully saturated rings. The molecule has 1 aliphatic rings. The summed E-state index contributed by atoms with van der Waals surface area (Å²) >= 11 is 6.28. The molecule has 0 aromatic heterocycles. The Kier molecular flexibility index (Phi) is 8.22. The van der Waals surface area contributed by atoms with Crippen molar-refractivity contribution in [3.8, 4) is 0 Å². The molecule has 160 valence electrons. The van der Waals surface area contributed by atoms with Crippen LogP contribution in [0.25, 0.3) is 0 Å². The number of likely N-dealkylation sites (tertiary alicyclic amines) is 1. The summed E-state index contributed by atoms with van der Waals surface area (Å²) in [6.45, 7) is 2.23. The van der Waals surface area contributed by atoms with Crippen LogP contribution in [0, 0.1) is 5.82 Å². The van der Waals surface area contributed by atoms with E-state index in [2.05, 4.69) is 15.5 Å². The van der Waals surface area contributed by atoms with Crippen LogP contribution in [0.15, 0.2) is 48.5 Å². The summed E-state index contributed by atoms with van der Waals surface area (Å²) in [6.07, 6.45) is 2.54. The van der Waals surface area contributed by atoms with Crippen LogP contribution in [0.5, 0.6) is 0 Å². The van der Waals surface area contributed by atoms with Crippen molar-refractivity contribution < 1.29 is 14.0 Å². The third-order valence-electron chi connectivity index (χ3n) is 5.29. The summed E-state index contributed by atoms with van der Waals surface area (Å²) in [5.41, 5.74) is 1.35. The van der Waals surface area contributed by atoms with Gasteiger partial charge >= 0.3 is 0 Å². The fraction of sp³-hybridized carbons (Fsp3) is 0.391. The van der Waals surface area contributed by atoms with Gasteiger partial charge in [-0.05, 0) is 43.6 Å². The van der Waals surface area contributed by atoms with Gasteiger partial charge in [0.2, 0.25) is 11.8 Å². The van der Waals surface area contributed by atoms with Gasteiger partial charge in [-0.2, -0.15) is 0 Å². The lowest BCUT2D eigenvalue weighted by molar-refractivity contribution is -0.122. The third-order valence-corrected chi connectivity index (χ3v) is 5.62. The van der Waals surface area contributed by atoms with Crippen molar-refractivity contribution in [1.29, 1.82) is 0 Å². The molecule has 1 aliphatic heterocycles. The number of hydrogen-bond acceptors (Lipinski definition) is 3. The summed E-state index contributed by atoms with van der Waals surface area (Å²) < 4.78 is 14.5. The van der Waals surface area contributed by atoms with E-state index in [1.165, 1.54) is 6.07 Å². The van der Waals surface area contributed by atoms with E-state index in [0.29, 0.717) is 10.6 Å². The first-order valence-electron chi connectivity index (χ1n) is 10.3. The molecule has 1 saturated heterocycles. The highest BCUT2D eigenvalue weighted by molar-refractivity contribution is 6.31. The Bertz CT molecular complexity index is 837. The van der Waals surface area contributed by atoms with Gasteiger partial charge in [-0.15, -0.1) is 0 Å². The quantitative estimate of drug-likeness (QED) is 0.639. The largest absolute Gasteiger partial charge is 0.355 e. The van der Waals surface area contributed by atoms with E-state index in [-0.39, 0.29) is 49.6 Å². The lowest BCUT2D eigenvalue weighted by Gasteiger charge is -2.29. The van der Waals surface area contributed by atoms with Crippen molar-refractivity contribution in [2.75, 3.05) is 26.2 Å². The zero-order chi connectivity index (χ0) is 21.3. The molecule has 0 spiro atoms. The number of rotatable bonds is 9. The normalized spacial score (nSPS) is 15.0. The van der Waals surface area contributed by atoms with Crippen molar-refractivity contribution in [3.05, 3.63) is 70.5 Å². The van der Waals surface area contributed by atoms with Crippen LogP contribution in [-0.4, -0.2) is 42.9 Å². The van der Waals surface area contributed by atoms with Crippen LogP contribution in [0.1, 0.15) is 36.4 Å². The second-order valence-electron chi connectivity index (χ2n) is 7.46. The topological polar surface area (TPSA) is 61.4 Å². The second kappa shape index (κ2) is 11.1. The van der Waals surface area contributed by atoms with Crippen molar-refractivity contribution in [2.45, 2.75) is 31.7 Å². The summed E-state index contributed by atoms with van der Waals surface area (Å²) in [5.74, 6) is -0.671. The zero-order valence-electron chi connectivity index (χ0n) is 16.9. The molecule has 7 heteroatoms. The Labute approximate surface area is 181 Å². The second-order valence-corrected chi connectivity index (χ2v) is 7.87. The van der Waals surface area contributed by atoms with E-state index < -0.39 is 0 Å². The average Bonchev–Trinajstić information content (AvgIpc) is 3.25. The molecule has 2 aromatic carbocycles. The molecule has 3 rings (SSSR count). The Morgan fingerprint density at radius 3 is 2.43 bits per heavy atom. The van der Waals surface area contributed by atoms with Gasteiger partial charge in [0.05, 0.1) is 12.5 Å². The van der Waals surface area contributed by atoms with Crippen LogP contribution in [0.3, 0.4) is 0 Å². The van der Waals surface area contributed by atoms with Gasteiger partial charge in [0.15, 0.2) is 0 Å². The van der Waals surface area contributed by atoms with Crippen molar-refractivity contribution in [3.63, 3.8) is 0 Å². The lowest BCUT2D eigenvalue weighted by atomic mass is 10.0. The molecule has 0 aliphatic carbocycles. The van der Waals surface area contributed by atoms with Gasteiger partial charge in [0.25, 0.3) is 0 Å². The number of carbonyl (C=O) groups is 2. The molecule has 2 aromatic rings. The van der Waals surface area contributed by atoms with Gasteiger partial charge in [-0.3, -0.25) is 14.5 Å². The number of carbonyl (C=O) groups excluding carboxylic acids is 2. The fourth-order valence-electron chi connectivity index (χ4n) is 3.75. The van der Waals surface area contributed by atoms with Gasteiger partial charge in [0, 0.05) is 30.1 Å². The highest BCUT2D eigenvalue weighted by Gasteiger charge is 2.28. The average molecular weight is 432 g/mol. The summed E-state index contributed by atoms with van der Waals surface area (Å²) in [6, 6.07) is 13.8. The Morgan fingerprint density at radius 2 is 1.73 bits per heavy atom. The highest BCUT2D eigenvalue weighted by Crippen LogP contribution is 2.31. The van der Waals surface area contributed by atoms with Gasteiger partial charge in [0.1, 0.15) is 5.82 Å². The van der Waals surface area contributed by atoms with Crippen molar-refractivity contribution in [1.82, 2.24) is 15.5 Å². The molecule has 1 heterocycles. The number of amides is 2. The Balaban J connectivity index is 1.49. The smallest absolute Gasteiger partial charge is 0.224 e. The Hall–Kier alpha value is -2.44. The summed E-state index contributed by atoms with van der Waals surface area (Å²) in [4.78, 5) is 26.4. The van der Waals surface area contributed by atoms with E-state index in [4.69, 9.17) is 11.6 Å². The monoisotopic (exact) mass is 431 g/mol. The van der Waals surface area contributed by atoms with Gasteiger partial charge < -0.3 is 10.6 Å². The Morgan fingerprint density at radius 1 is 1.00 bits per heavy atom. The first-order chi connectivity index (χ1) is 14.5. The molecule has 2 N–H and O–H groups in total. The summed E-state index contributed by atoms with van der Waals surface area (Å²) in [5, 5.41) is 6.01. The fourth-order valence-corrected chi connectivity index (χ4v) is 4.04. The zero-order valence-corrected chi connectivity index (χ0v) is 17.6. The van der Waals surface area contributed by atoms with Crippen LogP contribution in [0.2, 0.25) is 5.02 Å². The number of hydrogen-bond donors (Lipinski definition) is 2. The first kappa shape index (κ1) is 22.2. The van der Waals surface area contributed by atoms with Crippen LogP contribution in [0.4, 0.5) is 4.39 Å². The van der Waals surface area contributed by atoms with Gasteiger partial charge in [-0.25, -0.2) is 4.39 Å². The molecule has 0 radical (unpaired) electrons. The predicted molar refractivity (Wildman–Crippen MR) is 116 cm³/mol. The minimum absolute atomic E-state index is 0.123. The van der Waals surface area contributed by atoms with E-state index in [0.717, 1.165) is 31.5 Å². The number of halogens is 2.